The molecule has 1 amide bonds. The molecule has 182 valence electrons. The third kappa shape index (κ3) is 3.78. The predicted octanol–water partition coefficient (Wildman–Crippen LogP) is 4.17. The van der Waals surface area contributed by atoms with Gasteiger partial charge in [-0.3, -0.25) is 4.79 Å². The van der Waals surface area contributed by atoms with Gasteiger partial charge in [0.1, 0.15) is 11.6 Å². The fourth-order valence-corrected chi connectivity index (χ4v) is 5.83. The molecule has 3 aromatic carbocycles. The summed E-state index contributed by atoms with van der Waals surface area (Å²) in [5.74, 6) is -2.17. The highest BCUT2D eigenvalue weighted by molar-refractivity contribution is 6.34. The van der Waals surface area contributed by atoms with Crippen LogP contribution in [0.2, 0.25) is 5.02 Å². The molecule has 5 nitrogen and oxygen atoms in total. The van der Waals surface area contributed by atoms with Crippen LogP contribution in [0.15, 0.2) is 48.5 Å². The highest BCUT2D eigenvalue weighted by Crippen LogP contribution is 2.52. The predicted molar refractivity (Wildman–Crippen MR) is 133 cm³/mol. The number of fused-ring (bicyclic) bond motifs is 3. The Kier molecular flexibility index (Phi) is 6.25. The van der Waals surface area contributed by atoms with E-state index in [-0.39, 0.29) is 34.7 Å². The lowest BCUT2D eigenvalue weighted by Crippen LogP contribution is -2.57. The van der Waals surface area contributed by atoms with Crippen molar-refractivity contribution in [1.29, 1.82) is 0 Å². The van der Waals surface area contributed by atoms with Crippen LogP contribution >= 0.6 is 11.6 Å². The lowest BCUT2D eigenvalue weighted by Gasteiger charge is -2.45. The van der Waals surface area contributed by atoms with Crippen molar-refractivity contribution in [3.8, 4) is 11.1 Å². The third-order valence-electron chi connectivity index (χ3n) is 7.16. The monoisotopic (exact) mass is 497 g/mol. The van der Waals surface area contributed by atoms with E-state index in [2.05, 4.69) is 10.2 Å². The fourth-order valence-electron chi connectivity index (χ4n) is 5.57. The number of anilines is 1. The van der Waals surface area contributed by atoms with Gasteiger partial charge < -0.3 is 21.1 Å². The van der Waals surface area contributed by atoms with E-state index >= 15 is 8.78 Å². The second-order valence-corrected chi connectivity index (χ2v) is 9.48. The minimum absolute atomic E-state index is 0.0540. The third-order valence-corrected chi connectivity index (χ3v) is 7.53. The van der Waals surface area contributed by atoms with Crippen molar-refractivity contribution in [3.05, 3.63) is 87.4 Å². The van der Waals surface area contributed by atoms with Crippen LogP contribution in [0.25, 0.3) is 11.1 Å². The molecule has 0 spiro atoms. The van der Waals surface area contributed by atoms with E-state index in [0.29, 0.717) is 49.3 Å². The number of hydrogen-bond donors (Lipinski definition) is 3. The number of halogens is 3. The summed E-state index contributed by atoms with van der Waals surface area (Å²) in [7, 11) is 0. The molecule has 8 heteroatoms. The summed E-state index contributed by atoms with van der Waals surface area (Å²) in [6, 6.07) is 14.3. The van der Waals surface area contributed by atoms with Gasteiger partial charge >= 0.3 is 0 Å². The molecule has 0 bridgehead atoms. The average Bonchev–Trinajstić information content (AvgIpc) is 3.20. The molecular formula is C27H26ClF2N3O2. The Morgan fingerprint density at radius 2 is 1.94 bits per heavy atom. The van der Waals surface area contributed by atoms with Crippen molar-refractivity contribution in [1.82, 2.24) is 5.32 Å². The number of piperazine rings is 1. The largest absolute Gasteiger partial charge is 0.396 e. The minimum Gasteiger partial charge on any atom is -0.396 e. The maximum Gasteiger partial charge on any atom is 0.249 e. The normalized spacial score (nSPS) is 18.9. The number of carbonyl (C=O) groups excluding carboxylic acids is 1. The molecule has 2 aliphatic heterocycles. The number of hydrogen-bond acceptors (Lipinski definition) is 4. The maximum absolute atomic E-state index is 16.0. The summed E-state index contributed by atoms with van der Waals surface area (Å²) in [4.78, 5) is 14.5. The SMILES string of the molecule is NC(=O)c1ccc(CCCO)c(F)c1-c1c(Cl)c(F)cc2c1CC1(c3ccccc3)CNCCN21. The van der Waals surface area contributed by atoms with Crippen LogP contribution in [0, 0.1) is 11.6 Å². The molecule has 0 aromatic heterocycles. The molecule has 35 heavy (non-hydrogen) atoms. The Morgan fingerprint density at radius 3 is 2.66 bits per heavy atom. The highest BCUT2D eigenvalue weighted by Gasteiger charge is 2.48. The van der Waals surface area contributed by atoms with E-state index in [1.165, 1.54) is 18.2 Å². The number of benzene rings is 3. The first-order valence-corrected chi connectivity index (χ1v) is 12.0. The Hall–Kier alpha value is -3.00. The number of primary amides is 1. The van der Waals surface area contributed by atoms with Crippen LogP contribution in [0.3, 0.4) is 0 Å². The standard InChI is InChI=1S/C27H26ClF2N3O2/c28-24-20(29)13-21-19(14-27(15-32-10-11-33(21)27)17-6-2-1-3-7-17)22(24)23-18(26(31)35)9-8-16(25(23)30)5-4-12-34/h1-3,6-9,13,32,34H,4-5,10-12,14-15H2,(H2,31,35). The van der Waals surface area contributed by atoms with Gasteiger partial charge in [0.25, 0.3) is 0 Å². The molecule has 2 aliphatic rings. The lowest BCUT2D eigenvalue weighted by molar-refractivity contribution is 0.100. The molecule has 1 saturated heterocycles. The van der Waals surface area contributed by atoms with Gasteiger partial charge in [-0.05, 0) is 41.7 Å². The zero-order valence-corrected chi connectivity index (χ0v) is 19.8. The van der Waals surface area contributed by atoms with Crippen LogP contribution in [0.5, 0.6) is 0 Å². The van der Waals surface area contributed by atoms with Gasteiger partial charge in [0.05, 0.1) is 10.6 Å². The molecule has 3 aromatic rings. The van der Waals surface area contributed by atoms with Gasteiger partial charge in [-0.25, -0.2) is 8.78 Å². The van der Waals surface area contributed by atoms with Gasteiger partial charge in [0.2, 0.25) is 5.91 Å². The number of aliphatic hydroxyl groups excluding tert-OH is 1. The molecule has 2 heterocycles. The highest BCUT2D eigenvalue weighted by atomic mass is 35.5. The lowest BCUT2D eigenvalue weighted by atomic mass is 9.82. The number of rotatable bonds is 6. The number of nitrogens with zero attached hydrogens (tertiary/aromatic N) is 1. The van der Waals surface area contributed by atoms with Crippen LogP contribution in [0.1, 0.15) is 33.5 Å². The summed E-state index contributed by atoms with van der Waals surface area (Å²) in [5.41, 5.74) is 7.85. The first-order chi connectivity index (χ1) is 16.9. The smallest absolute Gasteiger partial charge is 0.249 e. The van der Waals surface area contributed by atoms with Crippen molar-refractivity contribution in [2.45, 2.75) is 24.8 Å². The van der Waals surface area contributed by atoms with E-state index in [1.54, 1.807) is 0 Å². The maximum atomic E-state index is 16.0. The minimum atomic E-state index is -0.822. The number of aliphatic hydroxyl groups is 1. The number of aryl methyl sites for hydroxylation is 1. The molecule has 1 fully saturated rings. The zero-order chi connectivity index (χ0) is 24.7. The second-order valence-electron chi connectivity index (χ2n) is 9.10. The molecule has 0 aliphatic carbocycles. The van der Waals surface area contributed by atoms with Crippen molar-refractivity contribution in [2.24, 2.45) is 5.73 Å². The molecule has 0 radical (unpaired) electrons. The Balaban J connectivity index is 1.78. The summed E-state index contributed by atoms with van der Waals surface area (Å²) in [5, 5.41) is 12.4. The van der Waals surface area contributed by atoms with Crippen LogP contribution < -0.4 is 16.0 Å². The molecule has 4 N–H and O–H groups in total. The van der Waals surface area contributed by atoms with Gasteiger partial charge in [0, 0.05) is 55.0 Å². The Bertz CT molecular complexity index is 1300. The fraction of sp³-hybridized carbons (Fsp3) is 0.296. The second kappa shape index (κ2) is 9.22. The summed E-state index contributed by atoms with van der Waals surface area (Å²) in [6.07, 6.45) is 1.05. The Morgan fingerprint density at radius 1 is 1.17 bits per heavy atom. The molecular weight excluding hydrogens is 472 g/mol. The molecule has 5 rings (SSSR count). The number of amides is 1. The van der Waals surface area contributed by atoms with Gasteiger partial charge in [-0.2, -0.15) is 0 Å². The van der Waals surface area contributed by atoms with Crippen LogP contribution in [-0.4, -0.2) is 37.3 Å². The first-order valence-electron chi connectivity index (χ1n) is 11.7. The average molecular weight is 498 g/mol. The summed E-state index contributed by atoms with van der Waals surface area (Å²) in [6.45, 7) is 1.85. The summed E-state index contributed by atoms with van der Waals surface area (Å²) < 4.78 is 31.3. The zero-order valence-electron chi connectivity index (χ0n) is 19.1. The quantitative estimate of drug-likeness (QED) is 0.477. The first kappa shape index (κ1) is 23.7. The van der Waals surface area contributed by atoms with Crippen LogP contribution in [0.4, 0.5) is 14.5 Å². The number of nitrogens with one attached hydrogen (secondary N) is 1. The van der Waals surface area contributed by atoms with Gasteiger partial charge in [0.15, 0.2) is 0 Å². The Labute approximate surface area is 207 Å². The van der Waals surface area contributed by atoms with E-state index < -0.39 is 23.1 Å². The van der Waals surface area contributed by atoms with Crippen molar-refractivity contribution >= 4 is 23.2 Å². The van der Waals surface area contributed by atoms with Crippen molar-refractivity contribution < 1.29 is 18.7 Å². The van der Waals surface area contributed by atoms with Crippen molar-refractivity contribution in [3.63, 3.8) is 0 Å². The molecule has 0 saturated carbocycles. The van der Waals surface area contributed by atoms with E-state index in [4.69, 9.17) is 17.3 Å². The van der Waals surface area contributed by atoms with E-state index in [9.17, 15) is 9.90 Å². The molecule has 1 atom stereocenters. The van der Waals surface area contributed by atoms with Gasteiger partial charge in [-0.1, -0.05) is 48.0 Å². The van der Waals surface area contributed by atoms with E-state index in [0.717, 1.165) is 5.56 Å². The number of nitrogens with two attached hydrogens (primary N) is 1. The van der Waals surface area contributed by atoms with Crippen LogP contribution in [-0.2, 0) is 18.4 Å². The van der Waals surface area contributed by atoms with Crippen molar-refractivity contribution in [2.75, 3.05) is 31.1 Å². The molecule has 1 unspecified atom stereocenters. The number of carbonyl (C=O) groups is 1. The van der Waals surface area contributed by atoms with E-state index in [1.807, 2.05) is 30.3 Å². The van der Waals surface area contributed by atoms with Gasteiger partial charge in [-0.15, -0.1) is 0 Å². The topological polar surface area (TPSA) is 78.6 Å². The summed E-state index contributed by atoms with van der Waals surface area (Å²) >= 11 is 6.54.